The third kappa shape index (κ3) is 2.34. The third-order valence-corrected chi connectivity index (χ3v) is 5.82. The van der Waals surface area contributed by atoms with Gasteiger partial charge < -0.3 is 19.5 Å². The summed E-state index contributed by atoms with van der Waals surface area (Å²) in [5, 5.41) is 9.47. The monoisotopic (exact) mass is 359 g/mol. The van der Waals surface area contributed by atoms with Crippen LogP contribution in [0.3, 0.4) is 0 Å². The lowest BCUT2D eigenvalue weighted by Gasteiger charge is -2.39. The van der Waals surface area contributed by atoms with Crippen LogP contribution in [-0.4, -0.2) is 53.3 Å². The van der Waals surface area contributed by atoms with Gasteiger partial charge in [0.2, 0.25) is 5.43 Å². The van der Waals surface area contributed by atoms with E-state index in [0.717, 1.165) is 25.2 Å². The molecule has 1 fully saturated rings. The maximum atomic E-state index is 15.1. The summed E-state index contributed by atoms with van der Waals surface area (Å²) in [6.07, 6.45) is 2.00. The van der Waals surface area contributed by atoms with Gasteiger partial charge in [0.1, 0.15) is 11.4 Å². The van der Waals surface area contributed by atoms with Gasteiger partial charge >= 0.3 is 5.97 Å². The highest BCUT2D eigenvalue weighted by Gasteiger charge is 2.32. The van der Waals surface area contributed by atoms with Crippen molar-refractivity contribution in [3.05, 3.63) is 39.4 Å². The largest absolute Gasteiger partial charge is 0.477 e. The van der Waals surface area contributed by atoms with Gasteiger partial charge in [0.15, 0.2) is 0 Å². The summed E-state index contributed by atoms with van der Waals surface area (Å²) in [5.41, 5.74) is 1.14. The van der Waals surface area contributed by atoms with E-state index in [1.165, 1.54) is 12.3 Å². The van der Waals surface area contributed by atoms with Crippen LogP contribution in [0.15, 0.2) is 17.1 Å². The highest BCUT2D eigenvalue weighted by atomic mass is 19.1. The Morgan fingerprint density at radius 2 is 2.00 bits per heavy atom. The van der Waals surface area contributed by atoms with Crippen molar-refractivity contribution in [1.82, 2.24) is 9.47 Å². The average Bonchev–Trinajstić information content (AvgIpc) is 2.90. The molecule has 6 nitrogen and oxygen atoms in total. The van der Waals surface area contributed by atoms with Crippen molar-refractivity contribution < 1.29 is 14.3 Å². The summed E-state index contributed by atoms with van der Waals surface area (Å²) >= 11 is 0. The molecular formula is C19H22FN3O3. The number of hydrogen-bond donors (Lipinski definition) is 1. The van der Waals surface area contributed by atoms with E-state index >= 15 is 4.39 Å². The topological polar surface area (TPSA) is 65.8 Å². The number of rotatable bonds is 2. The molecule has 0 aliphatic carbocycles. The van der Waals surface area contributed by atoms with E-state index in [0.29, 0.717) is 23.7 Å². The first-order valence-electron chi connectivity index (χ1n) is 8.88. The summed E-state index contributed by atoms with van der Waals surface area (Å²) in [6, 6.07) is 1.51. The summed E-state index contributed by atoms with van der Waals surface area (Å²) in [5.74, 6) is -1.72. The van der Waals surface area contributed by atoms with Crippen LogP contribution in [-0.2, 0) is 6.42 Å². The minimum atomic E-state index is -1.28. The SMILES string of the molecule is CC1CN(c2c(F)cc3c(=O)c(C(=O)O)cn4c3c2C[C@@H]4C)CCN1C. The Morgan fingerprint density at radius 1 is 1.27 bits per heavy atom. The number of likely N-dealkylation sites (N-methyl/N-ethyl adjacent to an activating group) is 1. The number of piperazine rings is 1. The minimum Gasteiger partial charge on any atom is -0.477 e. The molecule has 2 aliphatic rings. The Hall–Kier alpha value is -2.41. The van der Waals surface area contributed by atoms with Crippen molar-refractivity contribution in [1.29, 1.82) is 0 Å². The normalized spacial score (nSPS) is 23.0. The second-order valence-corrected chi connectivity index (χ2v) is 7.49. The number of hydrogen-bond acceptors (Lipinski definition) is 4. The van der Waals surface area contributed by atoms with Crippen molar-refractivity contribution in [3.63, 3.8) is 0 Å². The quantitative estimate of drug-likeness (QED) is 0.890. The Balaban J connectivity index is 1.96. The maximum Gasteiger partial charge on any atom is 0.341 e. The third-order valence-electron chi connectivity index (χ3n) is 5.82. The molecular weight excluding hydrogens is 337 g/mol. The van der Waals surface area contributed by atoms with E-state index in [-0.39, 0.29) is 17.0 Å². The molecule has 1 aromatic carbocycles. The van der Waals surface area contributed by atoms with Gasteiger partial charge in [-0.05, 0) is 33.4 Å². The number of benzene rings is 1. The summed E-state index contributed by atoms with van der Waals surface area (Å²) in [4.78, 5) is 28.3. The number of carbonyl (C=O) groups is 1. The molecule has 0 bridgehead atoms. The molecule has 4 rings (SSSR count). The van der Waals surface area contributed by atoms with E-state index in [9.17, 15) is 14.7 Å². The van der Waals surface area contributed by atoms with Crippen molar-refractivity contribution in [2.75, 3.05) is 31.6 Å². The first-order valence-corrected chi connectivity index (χ1v) is 8.88. The Labute approximate surface area is 150 Å². The molecule has 1 N–H and O–H groups in total. The molecule has 138 valence electrons. The number of aromatic nitrogens is 1. The molecule has 1 saturated heterocycles. The fraction of sp³-hybridized carbons (Fsp3) is 0.474. The standard InChI is InChI=1S/C19H22FN3O3/c1-10-6-12-16-13(18(24)14(19(25)26)9-23(10)16)7-15(20)17(12)22-5-4-21(3)11(2)8-22/h7,9-11H,4-6,8H2,1-3H3,(H,25,26)/t10-,11?/m0/s1. The Bertz CT molecular complexity index is 984. The predicted molar refractivity (Wildman–Crippen MR) is 97.8 cm³/mol. The molecule has 2 atom stereocenters. The molecule has 0 amide bonds. The molecule has 2 aliphatic heterocycles. The minimum absolute atomic E-state index is 0.0170. The van der Waals surface area contributed by atoms with E-state index in [1.54, 1.807) is 0 Å². The van der Waals surface area contributed by atoms with Gasteiger partial charge in [-0.25, -0.2) is 9.18 Å². The lowest BCUT2D eigenvalue weighted by Crippen LogP contribution is -2.50. The fourth-order valence-electron chi connectivity index (χ4n) is 4.24. The van der Waals surface area contributed by atoms with E-state index in [1.807, 2.05) is 11.5 Å². The molecule has 2 aromatic rings. The van der Waals surface area contributed by atoms with Gasteiger partial charge in [-0.3, -0.25) is 4.79 Å². The van der Waals surface area contributed by atoms with Gasteiger partial charge in [-0.2, -0.15) is 0 Å². The maximum absolute atomic E-state index is 15.1. The van der Waals surface area contributed by atoms with E-state index in [4.69, 9.17) is 0 Å². The number of pyridine rings is 1. The average molecular weight is 359 g/mol. The first kappa shape index (κ1) is 17.0. The number of anilines is 1. The first-order chi connectivity index (χ1) is 12.3. The molecule has 3 heterocycles. The second-order valence-electron chi connectivity index (χ2n) is 7.49. The van der Waals surface area contributed by atoms with Crippen molar-refractivity contribution in [2.24, 2.45) is 0 Å². The molecule has 1 unspecified atom stereocenters. The molecule has 0 radical (unpaired) electrons. The summed E-state index contributed by atoms with van der Waals surface area (Å²) in [7, 11) is 2.06. The number of aromatic carboxylic acids is 1. The van der Waals surface area contributed by atoms with Crippen LogP contribution < -0.4 is 10.3 Å². The van der Waals surface area contributed by atoms with Gasteiger partial charge in [0, 0.05) is 48.9 Å². The van der Waals surface area contributed by atoms with Gasteiger partial charge in [-0.1, -0.05) is 0 Å². The summed E-state index contributed by atoms with van der Waals surface area (Å²) < 4.78 is 16.9. The van der Waals surface area contributed by atoms with Crippen LogP contribution in [0.2, 0.25) is 0 Å². The molecule has 0 saturated carbocycles. The van der Waals surface area contributed by atoms with E-state index in [2.05, 4.69) is 23.8 Å². The van der Waals surface area contributed by atoms with Crippen LogP contribution in [0.1, 0.15) is 35.8 Å². The number of carboxylic acid groups (broad SMARTS) is 1. The summed E-state index contributed by atoms with van der Waals surface area (Å²) in [6.45, 7) is 6.37. The van der Waals surface area contributed by atoms with Gasteiger partial charge in [0.25, 0.3) is 0 Å². The smallest absolute Gasteiger partial charge is 0.341 e. The Morgan fingerprint density at radius 3 is 2.65 bits per heavy atom. The molecule has 26 heavy (non-hydrogen) atoms. The highest BCUT2D eigenvalue weighted by molar-refractivity contribution is 5.96. The van der Waals surface area contributed by atoms with Crippen molar-refractivity contribution in [2.45, 2.75) is 32.4 Å². The van der Waals surface area contributed by atoms with Crippen molar-refractivity contribution >= 4 is 22.6 Å². The van der Waals surface area contributed by atoms with Gasteiger partial charge in [-0.15, -0.1) is 0 Å². The zero-order valence-electron chi connectivity index (χ0n) is 15.1. The van der Waals surface area contributed by atoms with Crippen LogP contribution in [0.25, 0.3) is 10.9 Å². The van der Waals surface area contributed by atoms with Crippen LogP contribution in [0.4, 0.5) is 10.1 Å². The Kier molecular flexibility index (Phi) is 3.80. The molecule has 1 aromatic heterocycles. The molecule has 7 heteroatoms. The fourth-order valence-corrected chi connectivity index (χ4v) is 4.24. The highest BCUT2D eigenvalue weighted by Crippen LogP contribution is 2.40. The zero-order valence-corrected chi connectivity index (χ0v) is 15.1. The number of nitrogens with zero attached hydrogens (tertiary/aromatic N) is 3. The van der Waals surface area contributed by atoms with E-state index < -0.39 is 17.2 Å². The van der Waals surface area contributed by atoms with Crippen LogP contribution in [0.5, 0.6) is 0 Å². The van der Waals surface area contributed by atoms with Crippen LogP contribution >= 0.6 is 0 Å². The number of halogens is 1. The number of carboxylic acids is 1. The van der Waals surface area contributed by atoms with Crippen LogP contribution in [0, 0.1) is 5.82 Å². The lowest BCUT2D eigenvalue weighted by molar-refractivity contribution is 0.0694. The second kappa shape index (κ2) is 5.81. The van der Waals surface area contributed by atoms with Crippen molar-refractivity contribution in [3.8, 4) is 0 Å². The zero-order chi connectivity index (χ0) is 18.7. The predicted octanol–water partition coefficient (Wildman–Crippen LogP) is 2.10. The lowest BCUT2D eigenvalue weighted by atomic mass is 10.0. The van der Waals surface area contributed by atoms with Gasteiger partial charge in [0.05, 0.1) is 11.2 Å². The molecule has 0 spiro atoms.